The molecule has 0 aliphatic carbocycles. The first-order valence-corrected chi connectivity index (χ1v) is 11.8. The summed E-state index contributed by atoms with van der Waals surface area (Å²) in [5, 5.41) is 13.2. The maximum Gasteiger partial charge on any atom is 0.303 e. The van der Waals surface area contributed by atoms with Crippen LogP contribution in [0.1, 0.15) is 44.9 Å². The first-order chi connectivity index (χ1) is 16.4. The number of halogens is 2. The molecular weight excluding hydrogens is 481 g/mol. The minimum Gasteiger partial charge on any atom is -0.493 e. The molecule has 2 heterocycles. The minimum atomic E-state index is -0.749. The Morgan fingerprint density at radius 3 is 2.44 bits per heavy atom. The number of hydrogen-bond acceptors (Lipinski definition) is 6. The molecule has 0 saturated heterocycles. The second-order valence-electron chi connectivity index (χ2n) is 7.78. The van der Waals surface area contributed by atoms with E-state index in [2.05, 4.69) is 15.3 Å². The summed E-state index contributed by atoms with van der Waals surface area (Å²) in [6.07, 6.45) is 8.56. The summed E-state index contributed by atoms with van der Waals surface area (Å²) in [6.45, 7) is 0.451. The molecule has 0 fully saturated rings. The van der Waals surface area contributed by atoms with Crippen molar-refractivity contribution in [3.05, 3.63) is 51.0 Å². The van der Waals surface area contributed by atoms with Crippen LogP contribution in [-0.4, -0.2) is 34.8 Å². The van der Waals surface area contributed by atoms with Gasteiger partial charge in [-0.15, -0.1) is 0 Å². The lowest BCUT2D eigenvalue weighted by molar-refractivity contribution is -0.137. The van der Waals surface area contributed by atoms with Crippen molar-refractivity contribution in [1.82, 2.24) is 9.97 Å². The van der Waals surface area contributed by atoms with Crippen molar-refractivity contribution in [3.8, 4) is 11.5 Å². The second-order valence-corrected chi connectivity index (χ2v) is 8.60. The summed E-state index contributed by atoms with van der Waals surface area (Å²) < 4.78 is 11.5. The van der Waals surface area contributed by atoms with E-state index >= 15 is 0 Å². The molecule has 2 aromatic heterocycles. The van der Waals surface area contributed by atoms with Crippen LogP contribution in [0.3, 0.4) is 0 Å². The van der Waals surface area contributed by atoms with Crippen molar-refractivity contribution in [2.45, 2.75) is 44.9 Å². The number of aliphatic carboxylic acids is 1. The highest BCUT2D eigenvalue weighted by molar-refractivity contribution is 6.39. The molecule has 8 nitrogen and oxygen atoms in total. The molecule has 0 spiro atoms. The van der Waals surface area contributed by atoms with Gasteiger partial charge in [0.15, 0.2) is 11.5 Å². The van der Waals surface area contributed by atoms with Crippen molar-refractivity contribution in [1.29, 1.82) is 0 Å². The highest BCUT2D eigenvalue weighted by Crippen LogP contribution is 2.39. The fourth-order valence-corrected chi connectivity index (χ4v) is 4.07. The normalized spacial score (nSPS) is 10.9. The van der Waals surface area contributed by atoms with Crippen LogP contribution < -0.4 is 20.3 Å². The van der Waals surface area contributed by atoms with Crippen LogP contribution in [0.25, 0.3) is 10.9 Å². The van der Waals surface area contributed by atoms with E-state index in [4.69, 9.17) is 37.8 Å². The van der Waals surface area contributed by atoms with Gasteiger partial charge in [-0.2, -0.15) is 0 Å². The molecule has 34 heavy (non-hydrogen) atoms. The van der Waals surface area contributed by atoms with E-state index in [0.29, 0.717) is 56.8 Å². The second kappa shape index (κ2) is 12.5. The van der Waals surface area contributed by atoms with Crippen LogP contribution in [0.2, 0.25) is 10.0 Å². The molecule has 0 aliphatic rings. The van der Waals surface area contributed by atoms with E-state index in [0.717, 1.165) is 32.1 Å². The van der Waals surface area contributed by atoms with Crippen LogP contribution in [0, 0.1) is 0 Å². The summed E-state index contributed by atoms with van der Waals surface area (Å²) in [5.41, 5.74) is 1.15. The number of anilines is 2. The third-order valence-electron chi connectivity index (χ3n) is 5.30. The zero-order valence-corrected chi connectivity index (χ0v) is 20.3. The van der Waals surface area contributed by atoms with Gasteiger partial charge >= 0.3 is 5.97 Å². The molecule has 3 rings (SSSR count). The Morgan fingerprint density at radius 1 is 1.09 bits per heavy atom. The van der Waals surface area contributed by atoms with Gasteiger partial charge in [-0.05, 0) is 25.0 Å². The number of carboxylic acids is 1. The summed E-state index contributed by atoms with van der Waals surface area (Å²) in [6, 6.07) is 5.02. The predicted molar refractivity (Wildman–Crippen MR) is 134 cm³/mol. The van der Waals surface area contributed by atoms with E-state index in [9.17, 15) is 9.59 Å². The van der Waals surface area contributed by atoms with Crippen molar-refractivity contribution in [3.63, 3.8) is 0 Å². The van der Waals surface area contributed by atoms with E-state index in [1.54, 1.807) is 13.2 Å². The molecule has 0 radical (unpaired) electrons. The highest BCUT2D eigenvalue weighted by atomic mass is 35.5. The third kappa shape index (κ3) is 6.77. The number of aromatic nitrogens is 2. The molecule has 10 heteroatoms. The molecule has 0 amide bonds. The Morgan fingerprint density at radius 2 is 1.76 bits per heavy atom. The number of benzene rings is 1. The van der Waals surface area contributed by atoms with Gasteiger partial charge in [0.2, 0.25) is 0 Å². The number of pyridine rings is 2. The zero-order valence-electron chi connectivity index (χ0n) is 18.8. The Balaban J connectivity index is 1.73. The number of fused-ring (bicyclic) bond motifs is 1. The minimum absolute atomic E-state index is 0.221. The SMILES string of the molecule is COc1ccc2c(Nc3c(Cl)cncc3Cl)cc(=O)[nH]c2c1OCCCCCCCCC(=O)O. The Hall–Kier alpha value is -2.97. The number of nitrogens with one attached hydrogen (secondary N) is 2. The Labute approximate surface area is 207 Å². The molecular formula is C24H27Cl2N3O5. The van der Waals surface area contributed by atoms with Crippen molar-refractivity contribution >= 4 is 51.4 Å². The number of aromatic amines is 1. The maximum absolute atomic E-state index is 12.5. The molecule has 3 aromatic rings. The lowest BCUT2D eigenvalue weighted by Gasteiger charge is -2.16. The van der Waals surface area contributed by atoms with Gasteiger partial charge in [-0.25, -0.2) is 0 Å². The maximum atomic E-state index is 12.5. The molecule has 0 saturated carbocycles. The van der Waals surface area contributed by atoms with Crippen molar-refractivity contribution in [2.75, 3.05) is 19.0 Å². The summed E-state index contributed by atoms with van der Waals surface area (Å²) in [5.74, 6) is 0.212. The third-order valence-corrected chi connectivity index (χ3v) is 5.87. The van der Waals surface area contributed by atoms with Crippen LogP contribution in [0.5, 0.6) is 11.5 Å². The number of hydrogen-bond donors (Lipinski definition) is 3. The van der Waals surface area contributed by atoms with Gasteiger partial charge in [-0.3, -0.25) is 14.6 Å². The summed E-state index contributed by atoms with van der Waals surface area (Å²) in [4.78, 5) is 29.8. The Kier molecular flexibility index (Phi) is 9.42. The number of methoxy groups -OCH3 is 1. The fraction of sp³-hybridized carbons (Fsp3) is 0.375. The van der Waals surface area contributed by atoms with Gasteiger partial charge in [0.25, 0.3) is 5.56 Å². The summed E-state index contributed by atoms with van der Waals surface area (Å²) >= 11 is 12.5. The molecule has 182 valence electrons. The van der Waals surface area contributed by atoms with E-state index < -0.39 is 5.97 Å². The average molecular weight is 508 g/mol. The number of unbranched alkanes of at least 4 members (excludes halogenated alkanes) is 5. The predicted octanol–water partition coefficient (Wildman–Crippen LogP) is 6.18. The van der Waals surface area contributed by atoms with E-state index in [1.165, 1.54) is 18.5 Å². The van der Waals surface area contributed by atoms with Gasteiger partial charge in [0, 0.05) is 30.3 Å². The van der Waals surface area contributed by atoms with Crippen LogP contribution in [0.15, 0.2) is 35.4 Å². The highest BCUT2D eigenvalue weighted by Gasteiger charge is 2.16. The van der Waals surface area contributed by atoms with Crippen LogP contribution >= 0.6 is 23.2 Å². The zero-order chi connectivity index (χ0) is 24.5. The van der Waals surface area contributed by atoms with Gasteiger partial charge < -0.3 is 24.9 Å². The lowest BCUT2D eigenvalue weighted by Crippen LogP contribution is -2.09. The first-order valence-electron chi connectivity index (χ1n) is 11.1. The molecule has 0 bridgehead atoms. The number of rotatable bonds is 13. The average Bonchev–Trinajstić information content (AvgIpc) is 2.80. The number of nitrogens with zero attached hydrogens (tertiary/aromatic N) is 1. The standard InChI is InChI=1S/C24H27Cl2N3O5/c1-33-19-10-9-15-18(28-23-16(25)13-27-14-17(23)26)12-20(30)29-22(15)24(19)34-11-7-5-3-2-4-6-8-21(31)32/h9-10,12-14H,2-8,11H2,1H3,(H,31,32)(H2,27,28,29,30). The van der Waals surface area contributed by atoms with Crippen LogP contribution in [0.4, 0.5) is 11.4 Å². The fourth-order valence-electron chi connectivity index (χ4n) is 3.61. The van der Waals surface area contributed by atoms with E-state index in [-0.39, 0.29) is 12.0 Å². The van der Waals surface area contributed by atoms with Crippen molar-refractivity contribution < 1.29 is 19.4 Å². The van der Waals surface area contributed by atoms with Gasteiger partial charge in [0.1, 0.15) is 0 Å². The van der Waals surface area contributed by atoms with Gasteiger partial charge in [-0.1, -0.05) is 48.9 Å². The molecule has 0 atom stereocenters. The smallest absolute Gasteiger partial charge is 0.303 e. The quantitative estimate of drug-likeness (QED) is 0.237. The lowest BCUT2D eigenvalue weighted by atomic mass is 10.1. The molecule has 0 unspecified atom stereocenters. The number of ether oxygens (including phenoxy) is 2. The number of carbonyl (C=O) groups is 1. The largest absolute Gasteiger partial charge is 0.493 e. The van der Waals surface area contributed by atoms with Crippen molar-refractivity contribution in [2.24, 2.45) is 0 Å². The Bertz CT molecular complexity index is 1180. The van der Waals surface area contributed by atoms with E-state index in [1.807, 2.05) is 6.07 Å². The molecule has 1 aromatic carbocycles. The molecule has 0 aliphatic heterocycles. The number of H-pyrrole nitrogens is 1. The van der Waals surface area contributed by atoms with Crippen LogP contribution in [-0.2, 0) is 4.79 Å². The topological polar surface area (TPSA) is 114 Å². The molecule has 3 N–H and O–H groups in total. The van der Waals surface area contributed by atoms with Gasteiger partial charge in [0.05, 0.1) is 40.7 Å². The monoisotopic (exact) mass is 507 g/mol. The first kappa shape index (κ1) is 25.6. The number of carboxylic acid groups (broad SMARTS) is 1. The summed E-state index contributed by atoms with van der Waals surface area (Å²) in [7, 11) is 1.54.